The summed E-state index contributed by atoms with van der Waals surface area (Å²) in [5, 5.41) is 7.77. The van der Waals surface area contributed by atoms with Crippen LogP contribution < -0.4 is 0 Å². The first-order valence-electron chi connectivity index (χ1n) is 4.30. The van der Waals surface area contributed by atoms with Crippen LogP contribution in [0.4, 0.5) is 0 Å². The summed E-state index contributed by atoms with van der Waals surface area (Å²) >= 11 is 6.78. The van der Waals surface area contributed by atoms with Crippen molar-refractivity contribution in [1.29, 1.82) is 0 Å². The van der Waals surface area contributed by atoms with Gasteiger partial charge in [0, 0.05) is 24.6 Å². The second-order valence-electron chi connectivity index (χ2n) is 2.80. The molecule has 82 valence electrons. The molecule has 8 heteroatoms. The number of aromatic nitrogens is 2. The quantitative estimate of drug-likeness (QED) is 0.737. The van der Waals surface area contributed by atoms with E-state index in [0.717, 1.165) is 35.9 Å². The lowest BCUT2D eigenvalue weighted by molar-refractivity contribution is 0.0775. The summed E-state index contributed by atoms with van der Waals surface area (Å²) in [5.41, 5.74) is 0. The summed E-state index contributed by atoms with van der Waals surface area (Å²) in [6.07, 6.45) is 0. The molecule has 0 atom stereocenters. The number of carbonyl (C=O) groups excluding carboxylic acids is 1. The fourth-order valence-corrected chi connectivity index (χ4v) is 3.93. The maximum absolute atomic E-state index is 11.9. The van der Waals surface area contributed by atoms with Crippen LogP contribution in [0.5, 0.6) is 0 Å². The lowest BCUT2D eigenvalue weighted by atomic mass is 10.4. The molecule has 0 radical (unpaired) electrons. The van der Waals surface area contributed by atoms with E-state index in [1.807, 2.05) is 4.90 Å². The first-order valence-corrected chi connectivity index (χ1v) is 7.98. The summed E-state index contributed by atoms with van der Waals surface area (Å²) in [6, 6.07) is 0. The Balaban J connectivity index is 2.06. The third kappa shape index (κ3) is 2.99. The minimum absolute atomic E-state index is 0.0532. The van der Waals surface area contributed by atoms with Gasteiger partial charge >= 0.3 is 0 Å². The Morgan fingerprint density at radius 1 is 1.27 bits per heavy atom. The van der Waals surface area contributed by atoms with Crippen molar-refractivity contribution >= 4 is 50.4 Å². The molecule has 2 heterocycles. The predicted molar refractivity (Wildman–Crippen MR) is 65.7 cm³/mol. The van der Waals surface area contributed by atoms with Crippen LogP contribution >= 0.6 is 44.5 Å². The van der Waals surface area contributed by atoms with E-state index in [1.54, 1.807) is 21.6 Å². The molecule has 1 aliphatic heterocycles. The lowest BCUT2D eigenvalue weighted by Gasteiger charge is -2.17. The maximum Gasteiger partial charge on any atom is 0.284 e. The molecule has 0 bridgehead atoms. The van der Waals surface area contributed by atoms with E-state index < -0.39 is 0 Å². The molecular weight excluding hydrogens is 274 g/mol. The topological polar surface area (TPSA) is 46.1 Å². The molecule has 1 aliphatic rings. The molecule has 0 saturated carbocycles. The van der Waals surface area contributed by atoms with E-state index in [2.05, 4.69) is 10.2 Å². The van der Waals surface area contributed by atoms with Gasteiger partial charge in [-0.3, -0.25) is 4.79 Å². The molecule has 1 aromatic heterocycles. The molecule has 15 heavy (non-hydrogen) atoms. The standard InChI is InChI=1S/C7H8ClN3OS3/c8-7-10-9-5(15-7)6(12)11-1-3-13-14-4-2-11/h1-4H2. The number of carbonyl (C=O) groups is 1. The van der Waals surface area contributed by atoms with Gasteiger partial charge in [0.15, 0.2) is 0 Å². The van der Waals surface area contributed by atoms with E-state index in [0.29, 0.717) is 9.47 Å². The van der Waals surface area contributed by atoms with Crippen LogP contribution in [-0.2, 0) is 0 Å². The minimum atomic E-state index is -0.0532. The van der Waals surface area contributed by atoms with Crippen LogP contribution in [0.1, 0.15) is 9.80 Å². The van der Waals surface area contributed by atoms with Crippen molar-refractivity contribution in [3.8, 4) is 0 Å². The first-order chi connectivity index (χ1) is 7.27. The van der Waals surface area contributed by atoms with Gasteiger partial charge < -0.3 is 4.90 Å². The van der Waals surface area contributed by atoms with Crippen molar-refractivity contribution in [1.82, 2.24) is 15.1 Å². The van der Waals surface area contributed by atoms with Crippen LogP contribution in [0.2, 0.25) is 4.47 Å². The van der Waals surface area contributed by atoms with E-state index in [9.17, 15) is 4.79 Å². The molecule has 1 aromatic rings. The minimum Gasteiger partial charge on any atom is -0.335 e. The first kappa shape index (κ1) is 11.5. The van der Waals surface area contributed by atoms with Gasteiger partial charge in [-0.25, -0.2) is 0 Å². The molecule has 0 spiro atoms. The Morgan fingerprint density at radius 3 is 2.47 bits per heavy atom. The zero-order chi connectivity index (χ0) is 10.7. The molecular formula is C7H8ClN3OS3. The van der Waals surface area contributed by atoms with Crippen molar-refractivity contribution in [3.05, 3.63) is 9.47 Å². The van der Waals surface area contributed by atoms with E-state index >= 15 is 0 Å². The Kier molecular flexibility index (Phi) is 4.13. The van der Waals surface area contributed by atoms with Crippen molar-refractivity contribution in [2.24, 2.45) is 0 Å². The summed E-state index contributed by atoms with van der Waals surface area (Å²) < 4.78 is 0.317. The van der Waals surface area contributed by atoms with Crippen LogP contribution in [0.3, 0.4) is 0 Å². The highest BCUT2D eigenvalue weighted by molar-refractivity contribution is 8.76. The Morgan fingerprint density at radius 2 is 1.93 bits per heavy atom. The van der Waals surface area contributed by atoms with Gasteiger partial charge in [0.1, 0.15) is 0 Å². The number of halogens is 1. The van der Waals surface area contributed by atoms with Gasteiger partial charge in [0.2, 0.25) is 9.47 Å². The SMILES string of the molecule is O=C(c1nnc(Cl)s1)N1CCSSCC1. The number of amides is 1. The Bertz CT molecular complexity index is 351. The zero-order valence-corrected chi connectivity index (χ0v) is 10.9. The van der Waals surface area contributed by atoms with Gasteiger partial charge in [0.05, 0.1) is 0 Å². The molecule has 0 aromatic carbocycles. The van der Waals surface area contributed by atoms with E-state index in [1.165, 1.54) is 0 Å². The fraction of sp³-hybridized carbons (Fsp3) is 0.571. The lowest BCUT2D eigenvalue weighted by Crippen LogP contribution is -2.33. The van der Waals surface area contributed by atoms with Crippen molar-refractivity contribution in [3.63, 3.8) is 0 Å². The highest BCUT2D eigenvalue weighted by Gasteiger charge is 2.21. The third-order valence-corrected chi connectivity index (χ3v) is 5.21. The molecule has 1 saturated heterocycles. The normalized spacial score (nSPS) is 17.5. The molecule has 0 N–H and O–H groups in total. The van der Waals surface area contributed by atoms with Crippen LogP contribution in [0, 0.1) is 0 Å². The summed E-state index contributed by atoms with van der Waals surface area (Å²) in [6.45, 7) is 1.54. The van der Waals surface area contributed by atoms with E-state index in [4.69, 9.17) is 11.6 Å². The largest absolute Gasteiger partial charge is 0.335 e. The maximum atomic E-state index is 11.9. The highest BCUT2D eigenvalue weighted by Crippen LogP contribution is 2.25. The van der Waals surface area contributed by atoms with Crippen LogP contribution in [0.25, 0.3) is 0 Å². The predicted octanol–water partition coefficient (Wildman–Crippen LogP) is 2.03. The fourth-order valence-electron chi connectivity index (χ4n) is 1.15. The highest BCUT2D eigenvalue weighted by atomic mass is 35.5. The Hall–Kier alpha value is 0.0200. The van der Waals surface area contributed by atoms with Gasteiger partial charge in [0.25, 0.3) is 5.91 Å². The number of hydrogen-bond donors (Lipinski definition) is 0. The molecule has 1 amide bonds. The summed E-state index contributed by atoms with van der Waals surface area (Å²) in [7, 11) is 3.60. The number of rotatable bonds is 1. The molecule has 4 nitrogen and oxygen atoms in total. The Labute approximate surface area is 104 Å². The monoisotopic (exact) mass is 281 g/mol. The summed E-state index contributed by atoms with van der Waals surface area (Å²) in [4.78, 5) is 13.7. The number of hydrogen-bond acceptors (Lipinski definition) is 6. The number of nitrogens with zero attached hydrogens (tertiary/aromatic N) is 3. The zero-order valence-electron chi connectivity index (χ0n) is 7.68. The average molecular weight is 282 g/mol. The van der Waals surface area contributed by atoms with Gasteiger partial charge in [-0.2, -0.15) is 0 Å². The van der Waals surface area contributed by atoms with E-state index in [-0.39, 0.29) is 5.91 Å². The van der Waals surface area contributed by atoms with Crippen LogP contribution in [-0.4, -0.2) is 45.6 Å². The summed E-state index contributed by atoms with van der Waals surface area (Å²) in [5.74, 6) is 1.87. The average Bonchev–Trinajstić information content (AvgIpc) is 2.53. The van der Waals surface area contributed by atoms with Gasteiger partial charge in [-0.05, 0) is 11.6 Å². The third-order valence-electron chi connectivity index (χ3n) is 1.84. The smallest absolute Gasteiger partial charge is 0.284 e. The van der Waals surface area contributed by atoms with Crippen molar-refractivity contribution in [2.75, 3.05) is 24.6 Å². The molecule has 2 rings (SSSR count). The van der Waals surface area contributed by atoms with Gasteiger partial charge in [-0.1, -0.05) is 32.9 Å². The second kappa shape index (κ2) is 5.38. The van der Waals surface area contributed by atoms with Crippen molar-refractivity contribution in [2.45, 2.75) is 0 Å². The second-order valence-corrected chi connectivity index (χ2v) is 7.06. The van der Waals surface area contributed by atoms with Gasteiger partial charge in [-0.15, -0.1) is 10.2 Å². The molecule has 0 unspecified atom stereocenters. The molecule has 0 aliphatic carbocycles. The molecule has 1 fully saturated rings. The van der Waals surface area contributed by atoms with Crippen molar-refractivity contribution < 1.29 is 4.79 Å². The van der Waals surface area contributed by atoms with Crippen LogP contribution in [0.15, 0.2) is 0 Å².